The Hall–Kier alpha value is -2.00. The van der Waals surface area contributed by atoms with E-state index in [9.17, 15) is 23.8 Å². The molecule has 2 N–H and O–H groups in total. The number of phosphoric acid groups is 1. The fraction of sp³-hybridized carbons (Fsp3) is 0.863. The van der Waals surface area contributed by atoms with Crippen molar-refractivity contribution in [2.24, 2.45) is 0 Å². The smallest absolute Gasteiger partial charge is 0.462 e. The van der Waals surface area contributed by atoms with E-state index in [1.54, 1.807) is 0 Å². The van der Waals surface area contributed by atoms with Crippen molar-refractivity contribution in [1.29, 1.82) is 0 Å². The summed E-state index contributed by atoms with van der Waals surface area (Å²) in [6.07, 6.45) is 47.0. The van der Waals surface area contributed by atoms with Crippen molar-refractivity contribution in [2.45, 2.75) is 258 Å². The first kappa shape index (κ1) is 60.0. The molecule has 0 heterocycles. The van der Waals surface area contributed by atoms with Crippen LogP contribution in [0.2, 0.25) is 0 Å². The zero-order valence-corrected chi connectivity index (χ0v) is 41.2. The van der Waals surface area contributed by atoms with Crippen molar-refractivity contribution < 1.29 is 42.4 Å². The molecule has 0 radical (unpaired) electrons. The maximum Gasteiger partial charge on any atom is 0.472 e. The topological polar surface area (TPSA) is 137 Å². The molecule has 2 atom stereocenters. The number of carbonyl (C=O) groups is 3. The van der Waals surface area contributed by atoms with Gasteiger partial charge in [-0.05, 0) is 70.6 Å². The lowest BCUT2D eigenvalue weighted by Crippen LogP contribution is -2.30. The molecular weight excluding hydrogens is 802 g/mol. The molecule has 0 saturated carbocycles. The van der Waals surface area contributed by atoms with E-state index in [4.69, 9.17) is 18.5 Å². The molecule has 0 bridgehead atoms. The molecule has 0 spiro atoms. The van der Waals surface area contributed by atoms with E-state index >= 15 is 0 Å². The number of unbranched alkanes of at least 4 members (excludes halogenated alkanes) is 28. The number of allylic oxidation sites excluding steroid dienone is 4. The molecule has 0 aliphatic carbocycles. The Morgan fingerprint density at radius 3 is 1.29 bits per heavy atom. The van der Waals surface area contributed by atoms with E-state index in [1.807, 2.05) is 0 Å². The first-order valence-electron chi connectivity index (χ1n) is 25.8. The first-order valence-corrected chi connectivity index (χ1v) is 27.3. The fourth-order valence-electron chi connectivity index (χ4n) is 7.20. The van der Waals surface area contributed by atoms with Crippen LogP contribution in [0.1, 0.15) is 252 Å². The highest BCUT2D eigenvalue weighted by molar-refractivity contribution is 7.47. The normalized spacial score (nSPS) is 13.2. The van der Waals surface area contributed by atoms with Crippen molar-refractivity contribution in [3.63, 3.8) is 0 Å². The van der Waals surface area contributed by atoms with Gasteiger partial charge in [0, 0.05) is 25.8 Å². The summed E-state index contributed by atoms with van der Waals surface area (Å²) in [6, 6.07) is 0. The van der Waals surface area contributed by atoms with Gasteiger partial charge in [-0.15, -0.1) is 0 Å². The molecular formula is C51H96NO9P. The maximum absolute atomic E-state index is 12.8. The largest absolute Gasteiger partial charge is 0.472 e. The molecule has 0 aromatic carbocycles. The Labute approximate surface area is 380 Å². The third-order valence-electron chi connectivity index (χ3n) is 11.1. The average molecular weight is 898 g/mol. The van der Waals surface area contributed by atoms with Crippen molar-refractivity contribution in [2.75, 3.05) is 26.4 Å². The predicted molar refractivity (Wildman–Crippen MR) is 257 cm³/mol. The van der Waals surface area contributed by atoms with E-state index in [1.165, 1.54) is 116 Å². The molecule has 0 aromatic heterocycles. The van der Waals surface area contributed by atoms with Gasteiger partial charge >= 0.3 is 19.8 Å². The third kappa shape index (κ3) is 46.0. The summed E-state index contributed by atoms with van der Waals surface area (Å²) in [5, 5.41) is 2.71. The predicted octanol–water partition coefficient (Wildman–Crippen LogP) is 14.9. The van der Waals surface area contributed by atoms with Gasteiger partial charge in [-0.1, -0.05) is 186 Å². The van der Waals surface area contributed by atoms with Crippen molar-refractivity contribution in [3.05, 3.63) is 24.3 Å². The highest BCUT2D eigenvalue weighted by atomic mass is 31.2. The number of amides is 1. The van der Waals surface area contributed by atoms with Gasteiger partial charge in [-0.3, -0.25) is 23.4 Å². The average Bonchev–Trinajstić information content (AvgIpc) is 3.25. The number of rotatable bonds is 48. The fourth-order valence-corrected chi connectivity index (χ4v) is 7.95. The lowest BCUT2D eigenvalue weighted by atomic mass is 10.1. The monoisotopic (exact) mass is 898 g/mol. The van der Waals surface area contributed by atoms with Crippen LogP contribution in [0, 0.1) is 0 Å². The SMILES string of the molecule is CCCCCCCC/C=C\CCCCCCCC(=O)OC[C@H](COP(=O)(O)OCCNC(=O)CCCCCCCCC)OC(=O)CCCCCCC/C=C\CCCCCCCC. The third-order valence-corrected chi connectivity index (χ3v) is 12.1. The summed E-state index contributed by atoms with van der Waals surface area (Å²) < 4.78 is 33.9. The summed E-state index contributed by atoms with van der Waals surface area (Å²) in [7, 11) is -4.53. The van der Waals surface area contributed by atoms with Gasteiger partial charge in [0.15, 0.2) is 6.10 Å². The molecule has 1 unspecified atom stereocenters. The maximum atomic E-state index is 12.8. The Balaban J connectivity index is 4.56. The molecule has 1 amide bonds. The van der Waals surface area contributed by atoms with E-state index in [0.717, 1.165) is 83.5 Å². The van der Waals surface area contributed by atoms with Crippen LogP contribution in [0.4, 0.5) is 0 Å². The van der Waals surface area contributed by atoms with Gasteiger partial charge in [0.25, 0.3) is 0 Å². The summed E-state index contributed by atoms with van der Waals surface area (Å²) in [4.78, 5) is 47.8. The first-order chi connectivity index (χ1) is 30.2. The molecule has 0 fully saturated rings. The van der Waals surface area contributed by atoms with E-state index in [0.29, 0.717) is 19.3 Å². The molecule has 0 aliphatic rings. The van der Waals surface area contributed by atoms with E-state index in [2.05, 4.69) is 50.4 Å². The van der Waals surface area contributed by atoms with Gasteiger partial charge in [0.2, 0.25) is 5.91 Å². The van der Waals surface area contributed by atoms with Crippen LogP contribution in [-0.4, -0.2) is 55.2 Å². The molecule has 0 rings (SSSR count). The highest BCUT2D eigenvalue weighted by Crippen LogP contribution is 2.43. The lowest BCUT2D eigenvalue weighted by molar-refractivity contribution is -0.161. The summed E-state index contributed by atoms with van der Waals surface area (Å²) in [5.41, 5.74) is 0. The van der Waals surface area contributed by atoms with Crippen molar-refractivity contribution >= 4 is 25.7 Å². The number of phosphoric ester groups is 1. The molecule has 364 valence electrons. The van der Waals surface area contributed by atoms with Crippen molar-refractivity contribution in [3.8, 4) is 0 Å². The van der Waals surface area contributed by atoms with Gasteiger partial charge in [0.1, 0.15) is 6.61 Å². The number of esters is 2. The molecule has 0 aromatic rings. The second-order valence-corrected chi connectivity index (χ2v) is 18.7. The van der Waals surface area contributed by atoms with Gasteiger partial charge in [-0.25, -0.2) is 4.57 Å². The zero-order valence-electron chi connectivity index (χ0n) is 40.3. The molecule has 11 heteroatoms. The second-order valence-electron chi connectivity index (χ2n) is 17.3. The standard InChI is InChI=1S/C51H96NO9P/c1-4-7-10-13-16-18-20-22-24-26-28-30-33-36-39-42-50(54)58-46-48(47-60-62(56,57)59-45-44-52-49(53)41-38-35-32-15-12-9-6-3)61-51(55)43-40-37-34-31-29-27-25-23-21-19-17-14-11-8-5-2/h22-25,48H,4-21,26-47H2,1-3H3,(H,52,53)(H,56,57)/b24-22-,25-23-/t48-/m1/s1. The second kappa shape index (κ2) is 47.0. The van der Waals surface area contributed by atoms with E-state index in [-0.39, 0.29) is 38.5 Å². The van der Waals surface area contributed by atoms with Crippen LogP contribution in [0.15, 0.2) is 24.3 Å². The summed E-state index contributed by atoms with van der Waals surface area (Å²) in [6.45, 7) is 5.76. The van der Waals surface area contributed by atoms with Crippen LogP contribution in [-0.2, 0) is 37.5 Å². The van der Waals surface area contributed by atoms with Gasteiger partial charge in [0.05, 0.1) is 13.2 Å². The Bertz CT molecular complexity index is 1130. The molecule has 0 aliphatic heterocycles. The van der Waals surface area contributed by atoms with Crippen molar-refractivity contribution in [1.82, 2.24) is 5.32 Å². The molecule has 62 heavy (non-hydrogen) atoms. The van der Waals surface area contributed by atoms with Gasteiger partial charge in [-0.2, -0.15) is 0 Å². The Kier molecular flexibility index (Phi) is 45.5. The van der Waals surface area contributed by atoms with Crippen LogP contribution in [0.3, 0.4) is 0 Å². The van der Waals surface area contributed by atoms with Crippen LogP contribution >= 0.6 is 7.82 Å². The van der Waals surface area contributed by atoms with Crippen LogP contribution in [0.25, 0.3) is 0 Å². The number of nitrogens with one attached hydrogen (secondary N) is 1. The number of ether oxygens (including phenoxy) is 2. The van der Waals surface area contributed by atoms with Gasteiger partial charge < -0.3 is 19.7 Å². The Morgan fingerprint density at radius 2 is 0.855 bits per heavy atom. The zero-order chi connectivity index (χ0) is 45.5. The summed E-state index contributed by atoms with van der Waals surface area (Å²) >= 11 is 0. The Morgan fingerprint density at radius 1 is 0.484 bits per heavy atom. The lowest BCUT2D eigenvalue weighted by Gasteiger charge is -2.20. The van der Waals surface area contributed by atoms with Crippen LogP contribution < -0.4 is 5.32 Å². The molecule has 10 nitrogen and oxygen atoms in total. The van der Waals surface area contributed by atoms with E-state index < -0.39 is 32.5 Å². The molecule has 0 saturated heterocycles. The minimum atomic E-state index is -4.53. The highest BCUT2D eigenvalue weighted by Gasteiger charge is 2.26. The van der Waals surface area contributed by atoms with Crippen LogP contribution in [0.5, 0.6) is 0 Å². The minimum absolute atomic E-state index is 0.0611. The number of carbonyl (C=O) groups excluding carboxylic acids is 3. The summed E-state index contributed by atoms with van der Waals surface area (Å²) in [5.74, 6) is -1.00. The number of hydrogen-bond acceptors (Lipinski definition) is 8. The quantitative estimate of drug-likeness (QED) is 0.0265. The number of hydrogen-bond donors (Lipinski definition) is 2. The minimum Gasteiger partial charge on any atom is -0.462 e.